The van der Waals surface area contributed by atoms with Crippen LogP contribution < -0.4 is 0 Å². The molecule has 1 rings (SSSR count). The van der Waals surface area contributed by atoms with E-state index in [2.05, 4.69) is 0 Å². The molecule has 1 N–H and O–H groups in total. The molecular weight excluding hydrogens is 227 g/mol. The predicted molar refractivity (Wildman–Crippen MR) is 64.3 cm³/mol. The van der Waals surface area contributed by atoms with E-state index in [0.717, 1.165) is 12.2 Å². The summed E-state index contributed by atoms with van der Waals surface area (Å²) >= 11 is 1.43. The Labute approximate surface area is 99.8 Å². The van der Waals surface area contributed by atoms with Gasteiger partial charge >= 0.3 is 0 Å². The second kappa shape index (κ2) is 6.89. The molecule has 0 aliphatic rings. The van der Waals surface area contributed by atoms with E-state index in [1.807, 2.05) is 0 Å². The number of benzene rings is 1. The monoisotopic (exact) mass is 244 g/mol. The van der Waals surface area contributed by atoms with Crippen LogP contribution >= 0.6 is 11.8 Å². The summed E-state index contributed by atoms with van der Waals surface area (Å²) in [7, 11) is 1.65. The van der Waals surface area contributed by atoms with Crippen molar-refractivity contribution in [3.63, 3.8) is 0 Å². The smallest absolute Gasteiger partial charge is 0.137 e. The summed E-state index contributed by atoms with van der Waals surface area (Å²) in [6.45, 7) is 2.32. The van der Waals surface area contributed by atoms with Crippen molar-refractivity contribution in [1.82, 2.24) is 0 Å². The van der Waals surface area contributed by atoms with Gasteiger partial charge in [0.15, 0.2) is 0 Å². The van der Waals surface area contributed by atoms with Gasteiger partial charge in [-0.15, -0.1) is 11.8 Å². The molecule has 0 bridgehead atoms. The Bertz CT molecular complexity index is 329. The van der Waals surface area contributed by atoms with Crippen molar-refractivity contribution >= 4 is 11.8 Å². The second-order valence-electron chi connectivity index (χ2n) is 3.53. The molecule has 0 spiro atoms. The molecule has 0 amide bonds. The number of hydrogen-bond acceptors (Lipinski definition) is 3. The average Bonchev–Trinajstić information content (AvgIpc) is 2.25. The molecule has 0 aliphatic carbocycles. The van der Waals surface area contributed by atoms with Gasteiger partial charge in [-0.05, 0) is 25.0 Å². The highest BCUT2D eigenvalue weighted by molar-refractivity contribution is 7.99. The standard InChI is InChI=1S/C12H17FO2S/c1-9(14)10-5-3-6-11(13)12(10)16-8-4-7-15-2/h3,5-6,9,14H,4,7-8H2,1-2H3/t9-/m1/s1. The Hall–Kier alpha value is -0.580. The molecule has 1 atom stereocenters. The molecule has 2 nitrogen and oxygen atoms in total. The fraction of sp³-hybridized carbons (Fsp3) is 0.500. The van der Waals surface area contributed by atoms with Crippen molar-refractivity contribution in [2.75, 3.05) is 19.5 Å². The summed E-state index contributed by atoms with van der Waals surface area (Å²) < 4.78 is 18.5. The van der Waals surface area contributed by atoms with Gasteiger partial charge in [-0.25, -0.2) is 4.39 Å². The minimum absolute atomic E-state index is 0.263. The molecule has 0 aromatic heterocycles. The first kappa shape index (κ1) is 13.5. The third-order valence-corrected chi connectivity index (χ3v) is 3.40. The third kappa shape index (κ3) is 3.77. The topological polar surface area (TPSA) is 29.5 Å². The first-order chi connectivity index (χ1) is 7.66. The van der Waals surface area contributed by atoms with Crippen LogP contribution in [0.5, 0.6) is 0 Å². The zero-order chi connectivity index (χ0) is 12.0. The second-order valence-corrected chi connectivity index (χ2v) is 4.63. The summed E-state index contributed by atoms with van der Waals surface area (Å²) in [6.07, 6.45) is 0.231. The Morgan fingerprint density at radius 3 is 2.88 bits per heavy atom. The van der Waals surface area contributed by atoms with Gasteiger partial charge in [0.05, 0.1) is 6.10 Å². The summed E-state index contributed by atoms with van der Waals surface area (Å²) in [4.78, 5) is 0.550. The fourth-order valence-electron chi connectivity index (χ4n) is 1.38. The van der Waals surface area contributed by atoms with Gasteiger partial charge in [0.2, 0.25) is 0 Å². The lowest BCUT2D eigenvalue weighted by atomic mass is 10.1. The van der Waals surface area contributed by atoms with Crippen molar-refractivity contribution in [2.45, 2.75) is 24.3 Å². The molecule has 0 aliphatic heterocycles. The van der Waals surface area contributed by atoms with Crippen LogP contribution in [0.2, 0.25) is 0 Å². The van der Waals surface area contributed by atoms with Crippen LogP contribution in [0.4, 0.5) is 4.39 Å². The molecule has 16 heavy (non-hydrogen) atoms. The molecule has 0 saturated heterocycles. The number of hydrogen-bond donors (Lipinski definition) is 1. The van der Waals surface area contributed by atoms with Gasteiger partial charge in [-0.2, -0.15) is 0 Å². The number of aliphatic hydroxyl groups is 1. The van der Waals surface area contributed by atoms with Crippen LogP contribution in [0.25, 0.3) is 0 Å². The molecule has 0 fully saturated rings. The van der Waals surface area contributed by atoms with E-state index >= 15 is 0 Å². The maximum absolute atomic E-state index is 13.6. The predicted octanol–water partition coefficient (Wildman–Crippen LogP) is 3.01. The van der Waals surface area contributed by atoms with Crippen molar-refractivity contribution in [3.05, 3.63) is 29.6 Å². The molecule has 1 aromatic rings. The molecule has 0 saturated carbocycles. The van der Waals surface area contributed by atoms with E-state index in [9.17, 15) is 9.50 Å². The number of aliphatic hydroxyl groups excluding tert-OH is 1. The van der Waals surface area contributed by atoms with E-state index in [-0.39, 0.29) is 5.82 Å². The van der Waals surface area contributed by atoms with Crippen molar-refractivity contribution in [3.8, 4) is 0 Å². The molecular formula is C12H17FO2S. The van der Waals surface area contributed by atoms with E-state index in [0.29, 0.717) is 17.1 Å². The number of methoxy groups -OCH3 is 1. The molecule has 0 radical (unpaired) electrons. The Morgan fingerprint density at radius 1 is 1.50 bits per heavy atom. The summed E-state index contributed by atoms with van der Waals surface area (Å²) in [5, 5.41) is 9.53. The third-order valence-electron chi connectivity index (χ3n) is 2.19. The Balaban J connectivity index is 2.69. The highest BCUT2D eigenvalue weighted by Crippen LogP contribution is 2.30. The number of thioether (sulfide) groups is 1. The van der Waals surface area contributed by atoms with Crippen LogP contribution in [0.15, 0.2) is 23.1 Å². The van der Waals surface area contributed by atoms with Crippen LogP contribution in [0.3, 0.4) is 0 Å². The Morgan fingerprint density at radius 2 is 2.25 bits per heavy atom. The number of rotatable bonds is 6. The summed E-state index contributed by atoms with van der Waals surface area (Å²) in [5.41, 5.74) is 0.655. The van der Waals surface area contributed by atoms with Gasteiger partial charge < -0.3 is 9.84 Å². The van der Waals surface area contributed by atoms with Gasteiger partial charge in [0, 0.05) is 24.4 Å². The van der Waals surface area contributed by atoms with Crippen LogP contribution in [-0.4, -0.2) is 24.6 Å². The summed E-state index contributed by atoms with van der Waals surface area (Å²) in [6, 6.07) is 4.80. The zero-order valence-corrected chi connectivity index (χ0v) is 10.4. The van der Waals surface area contributed by atoms with Crippen molar-refractivity contribution in [2.24, 2.45) is 0 Å². The maximum Gasteiger partial charge on any atom is 0.137 e. The largest absolute Gasteiger partial charge is 0.389 e. The van der Waals surface area contributed by atoms with E-state index in [4.69, 9.17) is 4.74 Å². The summed E-state index contributed by atoms with van der Waals surface area (Å²) in [5.74, 6) is 0.523. The van der Waals surface area contributed by atoms with E-state index in [1.165, 1.54) is 17.8 Å². The van der Waals surface area contributed by atoms with Crippen LogP contribution in [-0.2, 0) is 4.74 Å². The van der Waals surface area contributed by atoms with Crippen molar-refractivity contribution in [1.29, 1.82) is 0 Å². The lowest BCUT2D eigenvalue weighted by Gasteiger charge is -2.12. The number of ether oxygens (including phenoxy) is 1. The zero-order valence-electron chi connectivity index (χ0n) is 9.57. The lowest BCUT2D eigenvalue weighted by molar-refractivity contribution is 0.195. The first-order valence-electron chi connectivity index (χ1n) is 5.25. The quantitative estimate of drug-likeness (QED) is 0.616. The molecule has 4 heteroatoms. The van der Waals surface area contributed by atoms with Gasteiger partial charge in [0.1, 0.15) is 5.82 Å². The minimum Gasteiger partial charge on any atom is -0.389 e. The molecule has 0 unspecified atom stereocenters. The van der Waals surface area contributed by atoms with Gasteiger partial charge in [-0.1, -0.05) is 12.1 Å². The SMILES string of the molecule is COCCCSc1c(F)cccc1[C@@H](C)O. The molecule has 0 heterocycles. The Kier molecular flexibility index (Phi) is 5.80. The fourth-order valence-corrected chi connectivity index (χ4v) is 2.46. The van der Waals surface area contributed by atoms with Crippen LogP contribution in [0.1, 0.15) is 25.0 Å². The molecule has 1 aromatic carbocycles. The van der Waals surface area contributed by atoms with Gasteiger partial charge in [-0.3, -0.25) is 0 Å². The highest BCUT2D eigenvalue weighted by atomic mass is 32.2. The minimum atomic E-state index is -0.638. The first-order valence-corrected chi connectivity index (χ1v) is 6.23. The van der Waals surface area contributed by atoms with E-state index < -0.39 is 6.10 Å². The highest BCUT2D eigenvalue weighted by Gasteiger charge is 2.12. The maximum atomic E-state index is 13.6. The normalized spacial score (nSPS) is 12.8. The van der Waals surface area contributed by atoms with Gasteiger partial charge in [0.25, 0.3) is 0 Å². The lowest BCUT2D eigenvalue weighted by Crippen LogP contribution is -1.98. The number of halogens is 1. The average molecular weight is 244 g/mol. The molecule has 90 valence electrons. The van der Waals surface area contributed by atoms with Crippen LogP contribution in [0, 0.1) is 5.82 Å². The van der Waals surface area contributed by atoms with E-state index in [1.54, 1.807) is 26.2 Å². The van der Waals surface area contributed by atoms with Crippen molar-refractivity contribution < 1.29 is 14.2 Å².